The van der Waals surface area contributed by atoms with Gasteiger partial charge in [-0.25, -0.2) is 0 Å². The summed E-state index contributed by atoms with van der Waals surface area (Å²) in [4.78, 5) is 29.4. The van der Waals surface area contributed by atoms with Crippen LogP contribution >= 0.6 is 0 Å². The first-order valence-electron chi connectivity index (χ1n) is 13.2. The van der Waals surface area contributed by atoms with Gasteiger partial charge in [-0.1, -0.05) is 13.8 Å². The molecule has 3 aliphatic carbocycles. The molecule has 0 aromatic rings. The molecule has 5 heteroatoms. The minimum Gasteiger partial charge on any atom is -0.368 e. The fraction of sp³-hybridized carbons (Fsp3) is 0.923. The van der Waals surface area contributed by atoms with E-state index in [-0.39, 0.29) is 17.9 Å². The van der Waals surface area contributed by atoms with Crippen molar-refractivity contribution in [3.8, 4) is 0 Å². The molecule has 6 atom stereocenters. The third kappa shape index (κ3) is 4.28. The zero-order valence-electron chi connectivity index (χ0n) is 19.6. The van der Waals surface area contributed by atoms with Gasteiger partial charge in [-0.15, -0.1) is 0 Å². The zero-order chi connectivity index (χ0) is 21.5. The van der Waals surface area contributed by atoms with Gasteiger partial charge in [0.25, 0.3) is 5.91 Å². The highest BCUT2D eigenvalue weighted by atomic mass is 16.5. The Morgan fingerprint density at radius 2 is 1.26 bits per heavy atom. The van der Waals surface area contributed by atoms with Crippen LogP contribution < -0.4 is 0 Å². The number of fused-ring (bicyclic) bond motifs is 1. The van der Waals surface area contributed by atoms with Gasteiger partial charge in [0.1, 0.15) is 6.10 Å². The number of hydrogen-bond donors (Lipinski definition) is 0. The molecule has 5 rings (SSSR count). The molecular weight excluding hydrogens is 388 g/mol. The topological polar surface area (TPSA) is 49.9 Å². The third-order valence-corrected chi connectivity index (χ3v) is 9.87. The van der Waals surface area contributed by atoms with E-state index in [0.717, 1.165) is 54.8 Å². The highest BCUT2D eigenvalue weighted by molar-refractivity contribution is 5.82. The lowest BCUT2D eigenvalue weighted by Crippen LogP contribution is -2.55. The lowest BCUT2D eigenvalue weighted by molar-refractivity contribution is -0.159. The van der Waals surface area contributed by atoms with Gasteiger partial charge in [-0.05, 0) is 86.9 Å². The summed E-state index contributed by atoms with van der Waals surface area (Å²) in [6.45, 7) is 8.40. The highest BCUT2D eigenvalue weighted by Gasteiger charge is 2.44. The van der Waals surface area contributed by atoms with Crippen molar-refractivity contribution in [1.29, 1.82) is 0 Å². The van der Waals surface area contributed by atoms with E-state index in [2.05, 4.69) is 13.8 Å². The highest BCUT2D eigenvalue weighted by Crippen LogP contribution is 2.53. The second-order valence-corrected chi connectivity index (χ2v) is 11.5. The molecule has 2 amide bonds. The van der Waals surface area contributed by atoms with E-state index in [1.54, 1.807) is 0 Å². The van der Waals surface area contributed by atoms with E-state index >= 15 is 0 Å². The molecule has 5 nitrogen and oxygen atoms in total. The van der Waals surface area contributed by atoms with Crippen molar-refractivity contribution in [3.63, 3.8) is 0 Å². The maximum Gasteiger partial charge on any atom is 0.251 e. The molecule has 5 aliphatic rings. The SMILES string of the molecule is CC1CC(C)C2CC(C3CCC(C(=O)N4CCN(C(=O)C5CCO5)CC4)CC3)CCC12. The van der Waals surface area contributed by atoms with Crippen molar-refractivity contribution in [2.24, 2.45) is 41.4 Å². The van der Waals surface area contributed by atoms with Crippen molar-refractivity contribution in [1.82, 2.24) is 9.80 Å². The molecule has 3 saturated carbocycles. The number of ether oxygens (including phenoxy) is 1. The summed E-state index contributed by atoms with van der Waals surface area (Å²) < 4.78 is 5.34. The molecule has 2 aliphatic heterocycles. The number of amides is 2. The molecule has 0 aromatic heterocycles. The van der Waals surface area contributed by atoms with Gasteiger partial charge in [0.05, 0.1) is 6.61 Å². The minimum absolute atomic E-state index is 0.125. The van der Waals surface area contributed by atoms with E-state index in [1.807, 2.05) is 9.80 Å². The van der Waals surface area contributed by atoms with Crippen LogP contribution in [-0.2, 0) is 14.3 Å². The van der Waals surface area contributed by atoms with Crippen LogP contribution in [0, 0.1) is 41.4 Å². The Morgan fingerprint density at radius 3 is 1.87 bits per heavy atom. The summed E-state index contributed by atoms with van der Waals surface area (Å²) in [5, 5.41) is 0. The van der Waals surface area contributed by atoms with Crippen LogP contribution in [0.2, 0.25) is 0 Å². The second kappa shape index (κ2) is 9.03. The lowest BCUT2D eigenvalue weighted by atomic mass is 9.64. The van der Waals surface area contributed by atoms with Crippen LogP contribution in [-0.4, -0.2) is 60.5 Å². The van der Waals surface area contributed by atoms with Crippen molar-refractivity contribution in [2.75, 3.05) is 32.8 Å². The zero-order valence-corrected chi connectivity index (χ0v) is 19.6. The number of hydrogen-bond acceptors (Lipinski definition) is 3. The Bertz CT molecular complexity index is 662. The van der Waals surface area contributed by atoms with Gasteiger partial charge in [0.2, 0.25) is 5.91 Å². The molecule has 174 valence electrons. The van der Waals surface area contributed by atoms with Crippen LogP contribution in [0.25, 0.3) is 0 Å². The van der Waals surface area contributed by atoms with Crippen molar-refractivity contribution < 1.29 is 14.3 Å². The third-order valence-electron chi connectivity index (χ3n) is 9.87. The lowest BCUT2D eigenvalue weighted by Gasteiger charge is -2.42. The predicted octanol–water partition coefficient (Wildman–Crippen LogP) is 3.96. The molecule has 2 saturated heterocycles. The smallest absolute Gasteiger partial charge is 0.251 e. The number of carbonyl (C=O) groups is 2. The molecule has 2 heterocycles. The maximum atomic E-state index is 13.1. The van der Waals surface area contributed by atoms with Crippen molar-refractivity contribution in [2.45, 2.75) is 77.7 Å². The van der Waals surface area contributed by atoms with Crippen LogP contribution in [0.4, 0.5) is 0 Å². The number of carbonyl (C=O) groups excluding carboxylic acids is 2. The summed E-state index contributed by atoms with van der Waals surface area (Å²) in [6, 6.07) is 0. The molecule has 0 spiro atoms. The molecule has 0 aromatic carbocycles. The quantitative estimate of drug-likeness (QED) is 0.681. The van der Waals surface area contributed by atoms with Gasteiger partial charge in [-0.2, -0.15) is 0 Å². The van der Waals surface area contributed by atoms with Gasteiger partial charge in [0, 0.05) is 38.5 Å². The average molecular weight is 431 g/mol. The fourth-order valence-electron chi connectivity index (χ4n) is 7.86. The first-order chi connectivity index (χ1) is 15.0. The number of nitrogens with zero attached hydrogens (tertiary/aromatic N) is 2. The molecular formula is C26H42N2O3. The van der Waals surface area contributed by atoms with E-state index in [1.165, 1.54) is 38.5 Å². The van der Waals surface area contributed by atoms with E-state index < -0.39 is 0 Å². The summed E-state index contributed by atoms with van der Waals surface area (Å²) in [6.07, 6.45) is 11.1. The Labute approximate surface area is 188 Å². The van der Waals surface area contributed by atoms with Gasteiger partial charge in [-0.3, -0.25) is 9.59 Å². The second-order valence-electron chi connectivity index (χ2n) is 11.5. The van der Waals surface area contributed by atoms with Crippen LogP contribution in [0.5, 0.6) is 0 Å². The van der Waals surface area contributed by atoms with E-state index in [4.69, 9.17) is 4.74 Å². The summed E-state index contributed by atoms with van der Waals surface area (Å²) >= 11 is 0. The van der Waals surface area contributed by atoms with Crippen molar-refractivity contribution in [3.05, 3.63) is 0 Å². The summed E-state index contributed by atoms with van der Waals surface area (Å²) in [5.41, 5.74) is 0. The van der Waals surface area contributed by atoms with Crippen LogP contribution in [0.15, 0.2) is 0 Å². The van der Waals surface area contributed by atoms with Crippen LogP contribution in [0.3, 0.4) is 0 Å². The Hall–Kier alpha value is -1.10. The molecule has 0 radical (unpaired) electrons. The summed E-state index contributed by atoms with van der Waals surface area (Å²) in [7, 11) is 0. The summed E-state index contributed by atoms with van der Waals surface area (Å²) in [5.74, 6) is 6.28. The first kappa shape index (κ1) is 21.7. The standard InChI is InChI=1S/C26H42N2O3/c1-17-15-18(2)23-16-21(7-8-22(17)23)19-3-5-20(6-4-19)25(29)27-10-12-28(13-11-27)26(30)24-9-14-31-24/h17-24H,3-16H2,1-2H3. The monoisotopic (exact) mass is 430 g/mol. The number of piperazine rings is 1. The normalized spacial score (nSPS) is 43.3. The van der Waals surface area contributed by atoms with Gasteiger partial charge >= 0.3 is 0 Å². The predicted molar refractivity (Wildman–Crippen MR) is 120 cm³/mol. The van der Waals surface area contributed by atoms with Crippen molar-refractivity contribution >= 4 is 11.8 Å². The number of rotatable bonds is 3. The fourth-order valence-corrected chi connectivity index (χ4v) is 7.86. The molecule has 5 fully saturated rings. The first-order valence-corrected chi connectivity index (χ1v) is 13.2. The van der Waals surface area contributed by atoms with Gasteiger partial charge in [0.15, 0.2) is 0 Å². The van der Waals surface area contributed by atoms with E-state index in [0.29, 0.717) is 38.7 Å². The largest absolute Gasteiger partial charge is 0.368 e. The molecule has 0 N–H and O–H groups in total. The van der Waals surface area contributed by atoms with E-state index in [9.17, 15) is 9.59 Å². The molecule has 0 bridgehead atoms. The maximum absolute atomic E-state index is 13.1. The average Bonchev–Trinajstić information content (AvgIpc) is 3.05. The Balaban J connectivity index is 1.07. The van der Waals surface area contributed by atoms with Gasteiger partial charge < -0.3 is 14.5 Å². The molecule has 6 unspecified atom stereocenters. The minimum atomic E-state index is -0.219. The Morgan fingerprint density at radius 1 is 0.677 bits per heavy atom. The van der Waals surface area contributed by atoms with Crippen LogP contribution in [0.1, 0.15) is 71.6 Å². The Kier molecular flexibility index (Phi) is 6.33. The molecule has 31 heavy (non-hydrogen) atoms.